The predicted octanol–water partition coefficient (Wildman–Crippen LogP) is 10.8. The van der Waals surface area contributed by atoms with Crippen molar-refractivity contribution in [2.24, 2.45) is 0 Å². The molecule has 0 saturated carbocycles. The fraction of sp³-hybridized carbons (Fsp3) is 0.413. The van der Waals surface area contributed by atoms with E-state index in [0.29, 0.717) is 36.6 Å². The quantitative estimate of drug-likeness (QED) is 0.112. The highest BCUT2D eigenvalue weighted by atomic mass is 16.2. The molecule has 0 radical (unpaired) electrons. The second-order valence-electron chi connectivity index (χ2n) is 22.3. The standard InChI is InChI=1S/C63H73N5O2/c1-11-68-56-36-54-52(35-51(56)41(3)37-62(68,6)7)58(53-34-45-24-18-31-66-32-19-27-50(60(45)66)59(53)63(54,8)9)49-26-15-14-23-47(49)38-65(10)30-20-29-57(69)64-43(5)42(4)61(70)67-39-46-22-13-12-21-44(46)33-40(2)48-25-16-17-28-55(48)67/h12-17,21-23,25-26,28,33-36,41H,11,18-20,24,27,29-32,37-39H2,1-10H3/p+1. The van der Waals surface area contributed by atoms with Crippen LogP contribution in [0, 0.1) is 0 Å². The van der Waals surface area contributed by atoms with Crippen molar-refractivity contribution in [3.8, 4) is 0 Å². The topological polar surface area (TPSA) is 58.9 Å². The van der Waals surface area contributed by atoms with Crippen molar-refractivity contribution in [2.75, 3.05) is 43.0 Å². The number of amides is 2. The average Bonchev–Trinajstić information content (AvgIpc) is 3.33. The molecule has 362 valence electrons. The first-order valence-electron chi connectivity index (χ1n) is 26.3. The molecular formula is C63H74N5O2+. The highest BCUT2D eigenvalue weighted by molar-refractivity contribution is 6.08. The van der Waals surface area contributed by atoms with Gasteiger partial charge in [0.15, 0.2) is 0 Å². The van der Waals surface area contributed by atoms with Gasteiger partial charge in [-0.3, -0.25) is 9.59 Å². The van der Waals surface area contributed by atoms with E-state index < -0.39 is 0 Å². The molecule has 5 aromatic carbocycles. The summed E-state index contributed by atoms with van der Waals surface area (Å²) in [6.45, 7) is 25.7. The maximum Gasteiger partial charge on any atom is 0.255 e. The van der Waals surface area contributed by atoms with Crippen molar-refractivity contribution >= 4 is 40.4 Å². The molecule has 1 unspecified atom stereocenters. The van der Waals surface area contributed by atoms with E-state index in [2.05, 4.69) is 142 Å². The second kappa shape index (κ2) is 18.6. The lowest BCUT2D eigenvalue weighted by Crippen LogP contribution is -2.50. The first-order valence-corrected chi connectivity index (χ1v) is 26.3. The van der Waals surface area contributed by atoms with Crippen LogP contribution >= 0.6 is 0 Å². The third-order valence-electron chi connectivity index (χ3n) is 16.7. The van der Waals surface area contributed by atoms with Gasteiger partial charge in [0, 0.05) is 77.0 Å². The third-order valence-corrected chi connectivity index (χ3v) is 16.7. The molecule has 0 fully saturated rings. The molecule has 0 bridgehead atoms. The number of aryl methyl sites for hydroxylation is 1. The molecule has 4 heterocycles. The Morgan fingerprint density at radius 1 is 0.843 bits per heavy atom. The van der Waals surface area contributed by atoms with Crippen molar-refractivity contribution in [3.63, 3.8) is 0 Å². The summed E-state index contributed by atoms with van der Waals surface area (Å²) < 4.78 is 2.70. The Morgan fingerprint density at radius 3 is 2.34 bits per heavy atom. The minimum Gasteiger partial charge on any atom is -0.366 e. The Labute approximate surface area is 417 Å². The van der Waals surface area contributed by atoms with E-state index in [-0.39, 0.29) is 22.8 Å². The van der Waals surface area contributed by atoms with E-state index in [1.165, 1.54) is 73.6 Å². The van der Waals surface area contributed by atoms with Gasteiger partial charge < -0.3 is 20.0 Å². The Hall–Kier alpha value is -6.05. The van der Waals surface area contributed by atoms with Crippen LogP contribution in [-0.2, 0) is 40.9 Å². The van der Waals surface area contributed by atoms with Crippen molar-refractivity contribution in [1.82, 2.24) is 14.8 Å². The highest BCUT2D eigenvalue weighted by Gasteiger charge is 2.43. The van der Waals surface area contributed by atoms with Gasteiger partial charge in [0.05, 0.1) is 12.2 Å². The zero-order valence-corrected chi connectivity index (χ0v) is 43.6. The molecule has 10 rings (SSSR count). The number of nitrogens with zero attached hydrogens (tertiary/aromatic N) is 4. The zero-order valence-electron chi connectivity index (χ0n) is 43.6. The fourth-order valence-corrected chi connectivity index (χ4v) is 13.3. The summed E-state index contributed by atoms with van der Waals surface area (Å²) in [4.78, 5) is 34.9. The van der Waals surface area contributed by atoms with E-state index in [0.717, 1.165) is 79.9 Å². The van der Waals surface area contributed by atoms with Gasteiger partial charge >= 0.3 is 0 Å². The van der Waals surface area contributed by atoms with Crippen molar-refractivity contribution < 1.29 is 9.59 Å². The van der Waals surface area contributed by atoms with Crippen LogP contribution in [0.5, 0.6) is 0 Å². The predicted molar refractivity (Wildman–Crippen MR) is 290 cm³/mol. The molecule has 1 aliphatic carbocycles. The molecule has 7 heteroatoms. The number of benzene rings is 5. The van der Waals surface area contributed by atoms with Crippen LogP contribution in [0.2, 0.25) is 0 Å². The second-order valence-corrected chi connectivity index (χ2v) is 22.3. The SMILES string of the molecule is CCN1c2cc3c(cc2C(C)CC1(C)C)C(c1ccccc1CN(C)CCCC(=O)NC(C)=C(C)C(=O)N1Cc2ccccc2C=C(C)c2ccccc21)=c1cc2c4c(c1C3(C)C)CCC[N+]=4CCC2. The molecule has 2 amide bonds. The highest BCUT2D eigenvalue weighted by Crippen LogP contribution is 2.50. The van der Waals surface area contributed by atoms with Crippen LogP contribution in [0.1, 0.15) is 162 Å². The van der Waals surface area contributed by atoms with Gasteiger partial charge in [-0.2, -0.15) is 0 Å². The lowest BCUT2D eigenvalue weighted by Gasteiger charge is -2.48. The molecule has 0 aromatic heterocycles. The lowest BCUT2D eigenvalue weighted by atomic mass is 9.64. The van der Waals surface area contributed by atoms with Crippen LogP contribution in [-0.4, -0.2) is 55.5 Å². The summed E-state index contributed by atoms with van der Waals surface area (Å²) >= 11 is 0. The first-order chi connectivity index (χ1) is 33.6. The molecule has 0 spiro atoms. The maximum atomic E-state index is 14.4. The van der Waals surface area contributed by atoms with E-state index in [9.17, 15) is 9.59 Å². The summed E-state index contributed by atoms with van der Waals surface area (Å²) in [5.74, 6) is 0.268. The van der Waals surface area contributed by atoms with Crippen LogP contribution in [0.15, 0.2) is 102 Å². The molecule has 5 aliphatic rings. The Morgan fingerprint density at radius 2 is 1.56 bits per heavy atom. The van der Waals surface area contributed by atoms with E-state index in [1.807, 2.05) is 49.1 Å². The molecule has 70 heavy (non-hydrogen) atoms. The molecule has 1 N–H and O–H groups in total. The number of hydrogen-bond acceptors (Lipinski definition) is 4. The molecule has 7 nitrogen and oxygen atoms in total. The Kier molecular flexibility index (Phi) is 12.7. The Balaban J connectivity index is 0.926. The summed E-state index contributed by atoms with van der Waals surface area (Å²) in [6.07, 6.45) is 9.07. The number of anilines is 2. The van der Waals surface area contributed by atoms with Crippen LogP contribution < -0.4 is 30.3 Å². The lowest BCUT2D eigenvalue weighted by molar-refractivity contribution is -0.120. The van der Waals surface area contributed by atoms with Crippen LogP contribution in [0.3, 0.4) is 0 Å². The average molecular weight is 933 g/mol. The van der Waals surface area contributed by atoms with Gasteiger partial charge in [0.2, 0.25) is 11.3 Å². The van der Waals surface area contributed by atoms with Gasteiger partial charge in [-0.05, 0) is 172 Å². The van der Waals surface area contributed by atoms with E-state index in [1.54, 1.807) is 5.56 Å². The smallest absolute Gasteiger partial charge is 0.255 e. The molecule has 5 aromatic rings. The normalized spacial score (nSPS) is 18.8. The maximum absolute atomic E-state index is 14.4. The van der Waals surface area contributed by atoms with Crippen molar-refractivity contribution in [1.29, 1.82) is 0 Å². The van der Waals surface area contributed by atoms with Crippen molar-refractivity contribution in [2.45, 2.75) is 137 Å². The summed E-state index contributed by atoms with van der Waals surface area (Å²) in [5.41, 5.74) is 20.6. The van der Waals surface area contributed by atoms with Crippen LogP contribution in [0.25, 0.3) is 17.2 Å². The number of carbonyl (C=O) groups excluding carboxylic acids is 2. The van der Waals surface area contributed by atoms with E-state index >= 15 is 0 Å². The summed E-state index contributed by atoms with van der Waals surface area (Å²) in [5, 5.41) is 6.08. The zero-order chi connectivity index (χ0) is 49.2. The minimum absolute atomic E-state index is 0.0716. The Bertz CT molecular complexity index is 3150. The number of fused-ring (bicyclic) bond motifs is 6. The van der Waals surface area contributed by atoms with E-state index in [4.69, 9.17) is 0 Å². The number of allylic oxidation sites excluding steroid dienone is 2. The number of para-hydroxylation sites is 1. The number of rotatable bonds is 10. The molecule has 0 saturated heterocycles. The van der Waals surface area contributed by atoms with Gasteiger partial charge in [0.1, 0.15) is 13.1 Å². The molecular weight excluding hydrogens is 859 g/mol. The molecule has 4 aliphatic heterocycles. The van der Waals surface area contributed by atoms with Crippen molar-refractivity contribution in [3.05, 3.63) is 174 Å². The monoisotopic (exact) mass is 933 g/mol. The largest absolute Gasteiger partial charge is 0.366 e. The van der Waals surface area contributed by atoms with Gasteiger partial charge in [-0.15, -0.1) is 0 Å². The van der Waals surface area contributed by atoms with Gasteiger partial charge in [-0.25, -0.2) is 4.58 Å². The number of hydrogen-bond donors (Lipinski definition) is 1. The van der Waals surface area contributed by atoms with Gasteiger partial charge in [-0.1, -0.05) is 93.6 Å². The van der Waals surface area contributed by atoms with Gasteiger partial charge in [0.25, 0.3) is 5.91 Å². The number of nitrogens with one attached hydrogen (secondary N) is 1. The van der Waals surface area contributed by atoms with Crippen LogP contribution in [0.4, 0.5) is 11.4 Å². The summed E-state index contributed by atoms with van der Waals surface area (Å²) in [7, 11) is 2.18. The fourth-order valence-electron chi connectivity index (χ4n) is 13.3. The molecule has 1 atom stereocenters. The first kappa shape index (κ1) is 47.6. The number of carbonyl (C=O) groups is 2. The minimum atomic E-state index is -0.176. The summed E-state index contributed by atoms with van der Waals surface area (Å²) in [6, 6.07) is 33.3. The third kappa shape index (κ3) is 8.36.